The van der Waals surface area contributed by atoms with Crippen molar-refractivity contribution < 1.29 is 18.7 Å². The Labute approximate surface area is 208 Å². The molecule has 11 heteroatoms. The number of carbonyl (C=O) groups is 2. The molecule has 0 bridgehead atoms. The van der Waals surface area contributed by atoms with Crippen molar-refractivity contribution >= 4 is 51.4 Å². The van der Waals surface area contributed by atoms with Gasteiger partial charge in [-0.05, 0) is 83.9 Å². The summed E-state index contributed by atoms with van der Waals surface area (Å²) >= 11 is 4.63. The molecule has 0 unspecified atom stereocenters. The lowest BCUT2D eigenvalue weighted by atomic mass is 10.2. The number of nitrogens with one attached hydrogen (secondary N) is 2. The van der Waals surface area contributed by atoms with E-state index >= 15 is 0 Å². The van der Waals surface area contributed by atoms with Crippen molar-refractivity contribution in [3.05, 3.63) is 75.8 Å². The van der Waals surface area contributed by atoms with E-state index in [1.54, 1.807) is 18.2 Å². The molecule has 2 amide bonds. The van der Waals surface area contributed by atoms with Crippen LogP contribution < -0.4 is 15.5 Å². The summed E-state index contributed by atoms with van der Waals surface area (Å²) in [6, 6.07) is 12.4. The summed E-state index contributed by atoms with van der Waals surface area (Å²) in [5, 5.41) is 7.12. The maximum atomic E-state index is 12.9. The molecule has 2 aromatic carbocycles. The number of hydrogen-bond donors (Lipinski definition) is 2. The second kappa shape index (κ2) is 12.2. The van der Waals surface area contributed by atoms with Gasteiger partial charge in [-0.15, -0.1) is 0 Å². The number of carbonyl (C=O) groups excluding carboxylic acids is 2. The third kappa shape index (κ3) is 8.23. The van der Waals surface area contributed by atoms with Crippen LogP contribution in [0.1, 0.15) is 17.0 Å². The number of amides is 2. The van der Waals surface area contributed by atoms with Gasteiger partial charge in [0.15, 0.2) is 11.8 Å². The summed E-state index contributed by atoms with van der Waals surface area (Å²) in [5.74, 6) is -0.449. The summed E-state index contributed by atoms with van der Waals surface area (Å²) in [5.41, 5.74) is 5.34. The first-order valence-electron chi connectivity index (χ1n) is 10.0. The Bertz CT molecular complexity index is 1190. The summed E-state index contributed by atoms with van der Waals surface area (Å²) in [7, 11) is 0. The van der Waals surface area contributed by atoms with Gasteiger partial charge in [0, 0.05) is 17.1 Å². The number of ether oxygens (including phenoxy) is 1. The van der Waals surface area contributed by atoms with Crippen molar-refractivity contribution in [3.8, 4) is 5.75 Å². The number of hydrazone groups is 1. The lowest BCUT2D eigenvalue weighted by molar-refractivity contribution is -0.119. The first-order chi connectivity index (χ1) is 16.3. The van der Waals surface area contributed by atoms with E-state index in [1.807, 2.05) is 19.9 Å². The van der Waals surface area contributed by atoms with Gasteiger partial charge in [0.25, 0.3) is 11.8 Å². The van der Waals surface area contributed by atoms with Crippen molar-refractivity contribution in [2.24, 2.45) is 5.10 Å². The van der Waals surface area contributed by atoms with Gasteiger partial charge in [0.05, 0.1) is 16.4 Å². The molecule has 1 aromatic heterocycles. The highest BCUT2D eigenvalue weighted by atomic mass is 79.9. The molecule has 0 spiro atoms. The summed E-state index contributed by atoms with van der Waals surface area (Å²) in [6.07, 6.45) is 1.49. The molecule has 1 heterocycles. The van der Waals surface area contributed by atoms with Crippen LogP contribution >= 0.6 is 27.7 Å². The Kier molecular flexibility index (Phi) is 9.11. The van der Waals surface area contributed by atoms with Crippen LogP contribution in [0, 0.1) is 19.7 Å². The van der Waals surface area contributed by atoms with E-state index < -0.39 is 0 Å². The monoisotopic (exact) mass is 545 g/mol. The molecule has 3 aromatic rings. The van der Waals surface area contributed by atoms with Crippen LogP contribution in [-0.2, 0) is 9.59 Å². The zero-order chi connectivity index (χ0) is 24.5. The first-order valence-corrected chi connectivity index (χ1v) is 11.8. The number of aromatic nitrogens is 2. The van der Waals surface area contributed by atoms with E-state index in [4.69, 9.17) is 4.74 Å². The highest BCUT2D eigenvalue weighted by molar-refractivity contribution is 9.10. The van der Waals surface area contributed by atoms with Gasteiger partial charge in [0.1, 0.15) is 11.6 Å². The van der Waals surface area contributed by atoms with Gasteiger partial charge in [-0.1, -0.05) is 11.8 Å². The zero-order valence-corrected chi connectivity index (χ0v) is 20.7. The maximum absolute atomic E-state index is 12.9. The van der Waals surface area contributed by atoms with Crippen molar-refractivity contribution in [1.82, 2.24) is 15.4 Å². The fraction of sp³-hybridized carbons (Fsp3) is 0.174. The van der Waals surface area contributed by atoms with Crippen molar-refractivity contribution in [1.29, 1.82) is 0 Å². The second-order valence-electron chi connectivity index (χ2n) is 7.05. The smallest absolute Gasteiger partial charge is 0.262 e. The zero-order valence-electron chi connectivity index (χ0n) is 18.3. The highest BCUT2D eigenvalue weighted by Crippen LogP contribution is 2.25. The van der Waals surface area contributed by atoms with Crippen LogP contribution in [0.3, 0.4) is 0 Å². The molecule has 0 radical (unpaired) electrons. The number of hydrogen-bond acceptors (Lipinski definition) is 7. The molecule has 0 aliphatic carbocycles. The highest BCUT2D eigenvalue weighted by Gasteiger charge is 2.08. The topological polar surface area (TPSA) is 106 Å². The van der Waals surface area contributed by atoms with Crippen molar-refractivity contribution in [3.63, 3.8) is 0 Å². The standard InChI is InChI=1S/C23H21BrFN5O3S/c1-14-9-15(2)28-23(27-14)34-13-22(32)30-26-11-16-3-8-20(19(24)10-16)33-12-21(31)29-18-6-4-17(25)5-7-18/h3-11H,12-13H2,1-2H3,(H,29,31)(H,30,32)/b26-11-. The predicted octanol–water partition coefficient (Wildman–Crippen LogP) is 4.25. The summed E-state index contributed by atoms with van der Waals surface area (Å²) < 4.78 is 19.1. The lowest BCUT2D eigenvalue weighted by Crippen LogP contribution is -2.20. The van der Waals surface area contributed by atoms with Gasteiger partial charge >= 0.3 is 0 Å². The minimum atomic E-state index is -0.382. The molecule has 8 nitrogen and oxygen atoms in total. The molecule has 0 aliphatic heterocycles. The summed E-state index contributed by atoms with van der Waals surface area (Å²) in [6.45, 7) is 3.53. The Morgan fingerprint density at radius 2 is 1.79 bits per heavy atom. The Balaban J connectivity index is 1.45. The molecular weight excluding hydrogens is 525 g/mol. The third-order valence-corrected chi connectivity index (χ3v) is 5.61. The van der Waals surface area contributed by atoms with E-state index in [0.29, 0.717) is 26.6 Å². The van der Waals surface area contributed by atoms with Crippen LogP contribution in [0.15, 0.2) is 63.3 Å². The quantitative estimate of drug-likeness (QED) is 0.180. The number of halogens is 2. The van der Waals surface area contributed by atoms with Gasteiger partial charge in [-0.25, -0.2) is 19.8 Å². The average Bonchev–Trinajstić information content (AvgIpc) is 2.78. The Morgan fingerprint density at radius 3 is 2.47 bits per heavy atom. The van der Waals surface area contributed by atoms with E-state index in [1.165, 1.54) is 42.2 Å². The van der Waals surface area contributed by atoms with Crippen LogP contribution in [-0.4, -0.2) is 40.4 Å². The normalized spacial score (nSPS) is 10.8. The van der Waals surface area contributed by atoms with Gasteiger partial charge in [0.2, 0.25) is 0 Å². The fourth-order valence-electron chi connectivity index (χ4n) is 2.69. The molecule has 0 saturated heterocycles. The number of anilines is 1. The third-order valence-electron chi connectivity index (χ3n) is 4.14. The van der Waals surface area contributed by atoms with Gasteiger partial charge in [-0.3, -0.25) is 9.59 Å². The van der Waals surface area contributed by atoms with Gasteiger partial charge < -0.3 is 10.1 Å². The number of nitrogens with zero attached hydrogens (tertiary/aromatic N) is 3. The van der Waals surface area contributed by atoms with Crippen LogP contribution in [0.5, 0.6) is 5.75 Å². The van der Waals surface area contributed by atoms with E-state index in [0.717, 1.165) is 11.4 Å². The maximum Gasteiger partial charge on any atom is 0.262 e. The molecule has 0 saturated carbocycles. The largest absolute Gasteiger partial charge is 0.483 e. The fourth-order valence-corrected chi connectivity index (χ4v) is 3.94. The second-order valence-corrected chi connectivity index (χ2v) is 8.85. The number of benzene rings is 2. The Morgan fingerprint density at radius 1 is 1.09 bits per heavy atom. The van der Waals surface area contributed by atoms with Crippen LogP contribution in [0.25, 0.3) is 0 Å². The molecule has 3 rings (SSSR count). The number of thioether (sulfide) groups is 1. The minimum absolute atomic E-state index is 0.136. The average molecular weight is 546 g/mol. The summed E-state index contributed by atoms with van der Waals surface area (Å²) in [4.78, 5) is 32.6. The molecule has 0 fully saturated rings. The molecule has 34 heavy (non-hydrogen) atoms. The molecule has 0 aliphatic rings. The molecule has 0 atom stereocenters. The predicted molar refractivity (Wildman–Crippen MR) is 133 cm³/mol. The van der Waals surface area contributed by atoms with Crippen molar-refractivity contribution in [2.45, 2.75) is 19.0 Å². The Hall–Kier alpha value is -3.31. The minimum Gasteiger partial charge on any atom is -0.483 e. The van der Waals surface area contributed by atoms with Gasteiger partial charge in [-0.2, -0.15) is 5.10 Å². The number of aryl methyl sites for hydroxylation is 2. The first kappa shape index (κ1) is 25.3. The van der Waals surface area contributed by atoms with E-state index in [2.05, 4.69) is 41.7 Å². The van der Waals surface area contributed by atoms with E-state index in [9.17, 15) is 14.0 Å². The molecule has 2 N–H and O–H groups in total. The molecule has 176 valence electrons. The van der Waals surface area contributed by atoms with Crippen molar-refractivity contribution in [2.75, 3.05) is 17.7 Å². The van der Waals surface area contributed by atoms with Crippen LogP contribution in [0.4, 0.5) is 10.1 Å². The SMILES string of the molecule is Cc1cc(C)nc(SCC(=O)N/N=C\c2ccc(OCC(=O)Nc3ccc(F)cc3)c(Br)c2)n1. The number of rotatable bonds is 9. The molecular formula is C23H21BrFN5O3S. The lowest BCUT2D eigenvalue weighted by Gasteiger charge is -2.09. The van der Waals surface area contributed by atoms with Crippen LogP contribution in [0.2, 0.25) is 0 Å². The van der Waals surface area contributed by atoms with E-state index in [-0.39, 0.29) is 30.0 Å².